The van der Waals surface area contributed by atoms with E-state index in [9.17, 15) is 4.79 Å². The fourth-order valence-corrected chi connectivity index (χ4v) is 3.54. The number of hydrogen-bond acceptors (Lipinski definition) is 3. The Kier molecular flexibility index (Phi) is 6.02. The first-order valence-corrected chi connectivity index (χ1v) is 9.01. The average Bonchev–Trinajstić information content (AvgIpc) is 3.00. The number of urea groups is 1. The number of likely N-dealkylation sites (N-methyl/N-ethyl adjacent to an activating group) is 1. The number of amides is 2. The number of nitrogens with zero attached hydrogens (tertiary/aromatic N) is 1. The highest BCUT2D eigenvalue weighted by Gasteiger charge is 2.20. The van der Waals surface area contributed by atoms with Crippen molar-refractivity contribution in [2.24, 2.45) is 0 Å². The topological polar surface area (TPSA) is 44.4 Å². The lowest BCUT2D eigenvalue weighted by Gasteiger charge is -2.25. The lowest BCUT2D eigenvalue weighted by Crippen LogP contribution is -2.37. The lowest BCUT2D eigenvalue weighted by molar-refractivity contribution is 0.244. The van der Waals surface area contributed by atoms with Crippen LogP contribution < -0.4 is 10.6 Å². The molecule has 0 bridgehead atoms. The number of thiophene rings is 1. The third-order valence-corrected chi connectivity index (χ3v) is 4.91. The van der Waals surface area contributed by atoms with Crippen molar-refractivity contribution in [3.63, 3.8) is 0 Å². The van der Waals surface area contributed by atoms with Crippen molar-refractivity contribution >= 4 is 23.1 Å². The Morgan fingerprint density at radius 3 is 2.46 bits per heavy atom. The van der Waals surface area contributed by atoms with E-state index in [1.807, 2.05) is 38.4 Å². The van der Waals surface area contributed by atoms with Crippen LogP contribution in [0.5, 0.6) is 0 Å². The van der Waals surface area contributed by atoms with Crippen molar-refractivity contribution < 1.29 is 4.79 Å². The van der Waals surface area contributed by atoms with Crippen LogP contribution in [0.3, 0.4) is 0 Å². The van der Waals surface area contributed by atoms with Crippen molar-refractivity contribution in [1.29, 1.82) is 0 Å². The van der Waals surface area contributed by atoms with Gasteiger partial charge in [-0.3, -0.25) is 0 Å². The molecule has 0 saturated heterocycles. The number of hydrogen-bond donors (Lipinski definition) is 2. The Bertz CT molecular complexity index is 660. The summed E-state index contributed by atoms with van der Waals surface area (Å²) in [6.45, 7) is 7.00. The van der Waals surface area contributed by atoms with Crippen LogP contribution in [-0.2, 0) is 5.41 Å². The number of para-hydroxylation sites is 1. The SMILES string of the molecule is CN(C)C(CNC(=O)Nc1ccccc1C(C)(C)C)c1cccs1. The summed E-state index contributed by atoms with van der Waals surface area (Å²) in [5.41, 5.74) is 1.97. The molecule has 2 rings (SSSR count). The van der Waals surface area contributed by atoms with Crippen molar-refractivity contribution in [2.75, 3.05) is 26.0 Å². The lowest BCUT2D eigenvalue weighted by atomic mass is 9.86. The average molecular weight is 346 g/mol. The Labute approximate surface area is 148 Å². The molecule has 2 amide bonds. The van der Waals surface area contributed by atoms with Crippen LogP contribution in [0.1, 0.15) is 37.3 Å². The third kappa shape index (κ3) is 4.82. The highest BCUT2D eigenvalue weighted by Crippen LogP contribution is 2.29. The number of benzene rings is 1. The molecular weight excluding hydrogens is 318 g/mol. The van der Waals surface area contributed by atoms with E-state index < -0.39 is 0 Å². The maximum atomic E-state index is 12.4. The molecule has 2 N–H and O–H groups in total. The zero-order valence-corrected chi connectivity index (χ0v) is 15.9. The number of nitrogens with one attached hydrogen (secondary N) is 2. The number of carbonyl (C=O) groups is 1. The van der Waals surface area contributed by atoms with Gasteiger partial charge in [0.2, 0.25) is 0 Å². The Balaban J connectivity index is 2.01. The van der Waals surface area contributed by atoms with Gasteiger partial charge in [-0.15, -0.1) is 11.3 Å². The molecule has 130 valence electrons. The van der Waals surface area contributed by atoms with Gasteiger partial charge in [-0.1, -0.05) is 45.0 Å². The second-order valence-corrected chi connectivity index (χ2v) is 8.10. The van der Waals surface area contributed by atoms with Gasteiger partial charge in [0, 0.05) is 17.1 Å². The first-order chi connectivity index (χ1) is 11.3. The predicted molar refractivity (Wildman–Crippen MR) is 103 cm³/mol. The molecule has 0 aliphatic rings. The van der Waals surface area contributed by atoms with Crippen molar-refractivity contribution in [2.45, 2.75) is 32.2 Å². The fourth-order valence-electron chi connectivity index (χ4n) is 2.62. The van der Waals surface area contributed by atoms with E-state index in [1.165, 1.54) is 4.88 Å². The molecule has 0 fully saturated rings. The van der Waals surface area contributed by atoms with Gasteiger partial charge in [0.15, 0.2) is 0 Å². The van der Waals surface area contributed by atoms with Crippen LogP contribution in [0, 0.1) is 0 Å². The Morgan fingerprint density at radius 1 is 1.17 bits per heavy atom. The van der Waals surface area contributed by atoms with E-state index in [0.29, 0.717) is 6.54 Å². The van der Waals surface area contributed by atoms with Gasteiger partial charge in [0.1, 0.15) is 0 Å². The van der Waals surface area contributed by atoms with Crippen LogP contribution in [0.15, 0.2) is 41.8 Å². The van der Waals surface area contributed by atoms with E-state index in [2.05, 4.69) is 53.8 Å². The minimum Gasteiger partial charge on any atom is -0.336 e. The molecule has 5 heteroatoms. The monoisotopic (exact) mass is 345 g/mol. The Hall–Kier alpha value is -1.85. The van der Waals surface area contributed by atoms with Crippen LogP contribution >= 0.6 is 11.3 Å². The highest BCUT2D eigenvalue weighted by atomic mass is 32.1. The summed E-state index contributed by atoms with van der Waals surface area (Å²) in [6.07, 6.45) is 0. The summed E-state index contributed by atoms with van der Waals surface area (Å²) in [6, 6.07) is 12.1. The van der Waals surface area contributed by atoms with Crippen LogP contribution in [-0.4, -0.2) is 31.6 Å². The molecule has 1 heterocycles. The molecule has 2 aromatic rings. The maximum absolute atomic E-state index is 12.4. The number of rotatable bonds is 5. The van der Waals surface area contributed by atoms with Crippen LogP contribution in [0.2, 0.25) is 0 Å². The third-order valence-electron chi connectivity index (χ3n) is 3.93. The van der Waals surface area contributed by atoms with E-state index in [1.54, 1.807) is 11.3 Å². The number of anilines is 1. The van der Waals surface area contributed by atoms with Gasteiger partial charge in [0.05, 0.1) is 6.04 Å². The first kappa shape index (κ1) is 18.5. The van der Waals surface area contributed by atoms with Crippen molar-refractivity contribution in [1.82, 2.24) is 10.2 Å². The number of carbonyl (C=O) groups excluding carboxylic acids is 1. The molecular formula is C19H27N3OS. The molecule has 0 radical (unpaired) electrons. The van der Waals surface area contributed by atoms with E-state index in [4.69, 9.17) is 0 Å². The van der Waals surface area contributed by atoms with E-state index in [0.717, 1.165) is 11.3 Å². The normalized spacial score (nSPS) is 12.9. The van der Waals surface area contributed by atoms with Gasteiger partial charge in [-0.05, 0) is 42.6 Å². The summed E-state index contributed by atoms with van der Waals surface area (Å²) in [5, 5.41) is 8.05. The van der Waals surface area contributed by atoms with Crippen LogP contribution in [0.4, 0.5) is 10.5 Å². The molecule has 0 aliphatic carbocycles. The summed E-state index contributed by atoms with van der Waals surface area (Å²) in [4.78, 5) is 15.7. The predicted octanol–water partition coefficient (Wildman–Crippen LogP) is 4.47. The molecule has 0 saturated carbocycles. The molecule has 1 unspecified atom stereocenters. The highest BCUT2D eigenvalue weighted by molar-refractivity contribution is 7.10. The fraction of sp³-hybridized carbons (Fsp3) is 0.421. The molecule has 4 nitrogen and oxygen atoms in total. The quantitative estimate of drug-likeness (QED) is 0.840. The minimum atomic E-state index is -0.171. The smallest absolute Gasteiger partial charge is 0.319 e. The van der Waals surface area contributed by atoms with Gasteiger partial charge in [-0.2, -0.15) is 0 Å². The molecule has 0 aliphatic heterocycles. The standard InChI is InChI=1S/C19H27N3OS/c1-19(2,3)14-9-6-7-10-15(14)21-18(23)20-13-16(22(4)5)17-11-8-12-24-17/h6-12,16H,13H2,1-5H3,(H2,20,21,23). The largest absolute Gasteiger partial charge is 0.336 e. The second-order valence-electron chi connectivity index (χ2n) is 7.13. The second kappa shape index (κ2) is 7.81. The Morgan fingerprint density at radius 2 is 1.88 bits per heavy atom. The first-order valence-electron chi connectivity index (χ1n) is 8.13. The van der Waals surface area contributed by atoms with Crippen molar-refractivity contribution in [3.05, 3.63) is 52.2 Å². The summed E-state index contributed by atoms with van der Waals surface area (Å²) < 4.78 is 0. The van der Waals surface area contributed by atoms with Gasteiger partial charge >= 0.3 is 6.03 Å². The zero-order chi connectivity index (χ0) is 17.7. The molecule has 24 heavy (non-hydrogen) atoms. The summed E-state index contributed by atoms with van der Waals surface area (Å²) in [5.74, 6) is 0. The van der Waals surface area contributed by atoms with Crippen molar-refractivity contribution in [3.8, 4) is 0 Å². The van der Waals surface area contributed by atoms with Gasteiger partial charge in [-0.25, -0.2) is 4.79 Å². The zero-order valence-electron chi connectivity index (χ0n) is 15.1. The summed E-state index contributed by atoms with van der Waals surface area (Å²) in [7, 11) is 4.05. The minimum absolute atomic E-state index is 0.0208. The van der Waals surface area contributed by atoms with Gasteiger partial charge in [0.25, 0.3) is 0 Å². The van der Waals surface area contributed by atoms with E-state index >= 15 is 0 Å². The molecule has 1 atom stereocenters. The molecule has 1 aromatic heterocycles. The van der Waals surface area contributed by atoms with Crippen LogP contribution in [0.25, 0.3) is 0 Å². The van der Waals surface area contributed by atoms with E-state index in [-0.39, 0.29) is 17.5 Å². The molecule has 0 spiro atoms. The van der Waals surface area contributed by atoms with Gasteiger partial charge < -0.3 is 15.5 Å². The maximum Gasteiger partial charge on any atom is 0.319 e. The molecule has 1 aromatic carbocycles. The summed E-state index contributed by atoms with van der Waals surface area (Å²) >= 11 is 1.71.